The summed E-state index contributed by atoms with van der Waals surface area (Å²) in [4.78, 5) is 33.1. The average molecular weight is 553 g/mol. The SMILES string of the molecule is COc1c(Cl)cc(Cl)cc1/C(O)=C1\C(=O)C(=O)N(c2nc3cc(C)c(C)cc3s2)C1c1cccc(C)c1. The van der Waals surface area contributed by atoms with Crippen LogP contribution in [-0.4, -0.2) is 28.9 Å². The number of carbonyl (C=O) groups excluding carboxylic acids is 2. The molecule has 37 heavy (non-hydrogen) atoms. The van der Waals surface area contributed by atoms with Crippen LogP contribution < -0.4 is 9.64 Å². The van der Waals surface area contributed by atoms with Gasteiger partial charge in [0.25, 0.3) is 5.78 Å². The van der Waals surface area contributed by atoms with E-state index in [1.165, 1.54) is 35.5 Å². The molecule has 4 aromatic rings. The molecule has 1 atom stereocenters. The Kier molecular flexibility index (Phi) is 6.48. The maximum atomic E-state index is 13.5. The summed E-state index contributed by atoms with van der Waals surface area (Å²) in [5.41, 5.74) is 4.51. The van der Waals surface area contributed by atoms with Crippen LogP contribution >= 0.6 is 34.5 Å². The summed E-state index contributed by atoms with van der Waals surface area (Å²) >= 11 is 13.8. The molecule has 0 radical (unpaired) electrons. The Labute approximate surface area is 227 Å². The van der Waals surface area contributed by atoms with E-state index < -0.39 is 23.5 Å². The van der Waals surface area contributed by atoms with Gasteiger partial charge in [-0.2, -0.15) is 0 Å². The number of thiazole rings is 1. The second-order valence-corrected chi connectivity index (χ2v) is 10.8. The number of ketones is 1. The van der Waals surface area contributed by atoms with Crippen LogP contribution in [0.5, 0.6) is 5.75 Å². The highest BCUT2D eigenvalue weighted by Crippen LogP contribution is 2.46. The van der Waals surface area contributed by atoms with Crippen molar-refractivity contribution < 1.29 is 19.4 Å². The summed E-state index contributed by atoms with van der Waals surface area (Å²) in [5.74, 6) is -1.91. The van der Waals surface area contributed by atoms with Crippen molar-refractivity contribution in [2.45, 2.75) is 26.8 Å². The smallest absolute Gasteiger partial charge is 0.301 e. The molecular formula is C28H22Cl2N2O4S. The molecule has 5 rings (SSSR count). The molecule has 1 N–H and O–H groups in total. The number of anilines is 1. The number of rotatable bonds is 4. The molecule has 1 fully saturated rings. The third-order valence-electron chi connectivity index (χ3n) is 6.47. The quantitative estimate of drug-likeness (QED) is 0.165. The van der Waals surface area contributed by atoms with E-state index in [0.29, 0.717) is 10.7 Å². The molecule has 1 saturated heterocycles. The monoisotopic (exact) mass is 552 g/mol. The Hall–Kier alpha value is -3.39. The molecule has 9 heteroatoms. The molecule has 1 unspecified atom stereocenters. The van der Waals surface area contributed by atoms with E-state index in [4.69, 9.17) is 32.9 Å². The van der Waals surface area contributed by atoms with Gasteiger partial charge in [0.15, 0.2) is 5.13 Å². The lowest BCUT2D eigenvalue weighted by Gasteiger charge is -2.23. The number of methoxy groups -OCH3 is 1. The third kappa shape index (κ3) is 4.27. The summed E-state index contributed by atoms with van der Waals surface area (Å²) in [5, 5.41) is 12.3. The highest BCUT2D eigenvalue weighted by Gasteiger charge is 2.48. The lowest BCUT2D eigenvalue weighted by molar-refractivity contribution is -0.132. The minimum absolute atomic E-state index is 0.0983. The van der Waals surface area contributed by atoms with Gasteiger partial charge >= 0.3 is 5.91 Å². The molecule has 3 aromatic carbocycles. The summed E-state index contributed by atoms with van der Waals surface area (Å²) in [6, 6.07) is 13.4. The summed E-state index contributed by atoms with van der Waals surface area (Å²) in [6.07, 6.45) is 0. The minimum atomic E-state index is -0.926. The van der Waals surface area contributed by atoms with Gasteiger partial charge in [-0.1, -0.05) is 64.4 Å². The number of hydrogen-bond donors (Lipinski definition) is 1. The highest BCUT2D eigenvalue weighted by molar-refractivity contribution is 7.22. The third-order valence-corrected chi connectivity index (χ3v) is 7.99. The number of aliphatic hydroxyl groups is 1. The van der Waals surface area contributed by atoms with E-state index in [1.54, 1.807) is 0 Å². The Balaban J connectivity index is 1.78. The Morgan fingerprint density at radius 2 is 1.78 bits per heavy atom. The van der Waals surface area contributed by atoms with Gasteiger partial charge in [-0.05, 0) is 61.7 Å². The number of hydrogen-bond acceptors (Lipinski definition) is 6. The first kappa shape index (κ1) is 25.3. The fourth-order valence-electron chi connectivity index (χ4n) is 4.55. The average Bonchev–Trinajstić information content (AvgIpc) is 3.36. The van der Waals surface area contributed by atoms with Crippen molar-refractivity contribution in [2.24, 2.45) is 0 Å². The van der Waals surface area contributed by atoms with E-state index in [2.05, 4.69) is 0 Å². The first-order valence-electron chi connectivity index (χ1n) is 11.4. The molecule has 188 valence electrons. The van der Waals surface area contributed by atoms with Gasteiger partial charge in [-0.15, -0.1) is 0 Å². The van der Waals surface area contributed by atoms with Crippen LogP contribution in [-0.2, 0) is 9.59 Å². The number of Topliss-reactive ketones (excluding diaryl/α,β-unsaturated/α-hetero) is 1. The summed E-state index contributed by atoms with van der Waals surface area (Å²) in [7, 11) is 1.40. The largest absolute Gasteiger partial charge is 0.507 e. The van der Waals surface area contributed by atoms with Crippen molar-refractivity contribution in [1.82, 2.24) is 4.98 Å². The first-order chi connectivity index (χ1) is 17.6. The molecule has 2 heterocycles. The summed E-state index contributed by atoms with van der Waals surface area (Å²) < 4.78 is 6.30. The molecule has 0 spiro atoms. The first-order valence-corrected chi connectivity index (χ1v) is 13.0. The number of fused-ring (bicyclic) bond motifs is 1. The lowest BCUT2D eigenvalue weighted by Crippen LogP contribution is -2.29. The van der Waals surface area contributed by atoms with Crippen molar-refractivity contribution in [1.29, 1.82) is 0 Å². The highest BCUT2D eigenvalue weighted by atomic mass is 35.5. The molecule has 1 amide bonds. The lowest BCUT2D eigenvalue weighted by atomic mass is 9.94. The van der Waals surface area contributed by atoms with Gasteiger partial charge in [0.05, 0.1) is 39.5 Å². The van der Waals surface area contributed by atoms with Crippen LogP contribution in [0.25, 0.3) is 16.0 Å². The molecule has 1 aliphatic rings. The molecule has 6 nitrogen and oxygen atoms in total. The number of ether oxygens (including phenoxy) is 1. The zero-order valence-electron chi connectivity index (χ0n) is 20.4. The number of benzene rings is 3. The van der Waals surface area contributed by atoms with Crippen molar-refractivity contribution in [3.8, 4) is 5.75 Å². The zero-order valence-corrected chi connectivity index (χ0v) is 22.8. The number of carbonyl (C=O) groups is 2. The molecule has 0 bridgehead atoms. The standard InChI is InChI=1S/C28H22Cl2N2O4S/c1-13-6-5-7-16(8-13)23-22(24(33)18-11-17(29)12-19(30)26(18)36-4)25(34)27(35)32(23)28-31-20-9-14(2)15(3)10-21(20)37-28/h5-12,23,33H,1-4H3/b24-22+. The van der Waals surface area contributed by atoms with Gasteiger partial charge in [0.2, 0.25) is 0 Å². The van der Waals surface area contributed by atoms with Gasteiger partial charge in [-0.25, -0.2) is 4.98 Å². The van der Waals surface area contributed by atoms with Crippen LogP contribution in [0, 0.1) is 20.8 Å². The van der Waals surface area contributed by atoms with Crippen molar-refractivity contribution in [3.63, 3.8) is 0 Å². The molecule has 0 saturated carbocycles. The van der Waals surface area contributed by atoms with E-state index >= 15 is 0 Å². The Bertz CT molecular complexity index is 1600. The fraction of sp³-hybridized carbons (Fsp3) is 0.179. The van der Waals surface area contributed by atoms with Gasteiger partial charge in [0.1, 0.15) is 11.5 Å². The fourth-order valence-corrected chi connectivity index (χ4v) is 6.19. The van der Waals surface area contributed by atoms with E-state index in [-0.39, 0.29) is 26.9 Å². The van der Waals surface area contributed by atoms with Crippen molar-refractivity contribution in [3.05, 3.63) is 92.0 Å². The second kappa shape index (κ2) is 9.49. The van der Waals surface area contributed by atoms with E-state index in [9.17, 15) is 14.7 Å². The topological polar surface area (TPSA) is 79.7 Å². The summed E-state index contributed by atoms with van der Waals surface area (Å²) in [6.45, 7) is 5.92. The Morgan fingerprint density at radius 3 is 2.49 bits per heavy atom. The van der Waals surface area contributed by atoms with Crippen LogP contribution in [0.1, 0.15) is 33.9 Å². The van der Waals surface area contributed by atoms with Gasteiger partial charge in [-0.3, -0.25) is 14.5 Å². The molecule has 1 aliphatic heterocycles. The molecular weight excluding hydrogens is 531 g/mol. The maximum Gasteiger partial charge on any atom is 0.301 e. The van der Waals surface area contributed by atoms with Crippen LogP contribution in [0.15, 0.2) is 54.1 Å². The zero-order chi connectivity index (χ0) is 26.6. The number of aliphatic hydroxyl groups excluding tert-OH is 1. The molecule has 1 aromatic heterocycles. The maximum absolute atomic E-state index is 13.5. The number of halogens is 2. The predicted octanol–water partition coefficient (Wildman–Crippen LogP) is 7.16. The van der Waals surface area contributed by atoms with Crippen LogP contribution in [0.4, 0.5) is 5.13 Å². The van der Waals surface area contributed by atoms with Gasteiger partial charge < -0.3 is 9.84 Å². The predicted molar refractivity (Wildman–Crippen MR) is 148 cm³/mol. The van der Waals surface area contributed by atoms with Crippen LogP contribution in [0.2, 0.25) is 10.0 Å². The number of amides is 1. The van der Waals surface area contributed by atoms with Gasteiger partial charge in [0, 0.05) is 5.02 Å². The van der Waals surface area contributed by atoms with E-state index in [1.807, 2.05) is 57.2 Å². The normalized spacial score (nSPS) is 17.1. The number of aryl methyl sites for hydroxylation is 3. The molecule has 0 aliphatic carbocycles. The number of aromatic nitrogens is 1. The minimum Gasteiger partial charge on any atom is -0.507 e. The van der Waals surface area contributed by atoms with Crippen molar-refractivity contribution >= 4 is 67.3 Å². The second-order valence-electron chi connectivity index (χ2n) is 8.95. The Morgan fingerprint density at radius 1 is 1.05 bits per heavy atom. The van der Waals surface area contributed by atoms with E-state index in [0.717, 1.165) is 26.9 Å². The number of nitrogens with zero attached hydrogens (tertiary/aromatic N) is 2. The van der Waals surface area contributed by atoms with Crippen molar-refractivity contribution in [2.75, 3.05) is 12.0 Å². The van der Waals surface area contributed by atoms with Crippen LogP contribution in [0.3, 0.4) is 0 Å².